The number of fused-ring (bicyclic) bond motifs is 1. The molecule has 1 saturated heterocycles. The quantitative estimate of drug-likeness (QED) is 0.0852. The number of ether oxygens (including phenoxy) is 2. The van der Waals surface area contributed by atoms with Crippen LogP contribution >= 0.6 is 22.6 Å². The van der Waals surface area contributed by atoms with Crippen LogP contribution in [0.2, 0.25) is 0 Å². The van der Waals surface area contributed by atoms with Crippen molar-refractivity contribution in [3.63, 3.8) is 0 Å². The number of methoxy groups -OCH3 is 1. The predicted molar refractivity (Wildman–Crippen MR) is 154 cm³/mol. The Morgan fingerprint density at radius 2 is 1.43 bits per heavy atom. The Kier molecular flexibility index (Phi) is 8.34. The Morgan fingerprint density at radius 1 is 0.848 bits per heavy atom. The van der Waals surface area contributed by atoms with Crippen LogP contribution in [0.5, 0.6) is 5.75 Å². The first kappa shape index (κ1) is 33.9. The zero-order valence-corrected chi connectivity index (χ0v) is 26.0. The summed E-state index contributed by atoms with van der Waals surface area (Å²) in [6, 6.07) is 4.64. The summed E-state index contributed by atoms with van der Waals surface area (Å²) in [5.74, 6) is -1.00. The van der Waals surface area contributed by atoms with Crippen LogP contribution in [0, 0.1) is 5.82 Å². The highest BCUT2D eigenvalue weighted by atomic mass is 127. The van der Waals surface area contributed by atoms with Crippen molar-refractivity contribution in [2.45, 2.75) is 54.0 Å². The molecule has 46 heavy (non-hydrogen) atoms. The van der Waals surface area contributed by atoms with Crippen molar-refractivity contribution >= 4 is 28.7 Å². The summed E-state index contributed by atoms with van der Waals surface area (Å²) in [7, 11) is 1.23. The van der Waals surface area contributed by atoms with E-state index in [4.69, 9.17) is 9.47 Å². The van der Waals surface area contributed by atoms with E-state index in [-0.39, 0.29) is 40.0 Å². The number of cyclic esters (lactones) is 1. The lowest BCUT2D eigenvalue weighted by molar-refractivity contribution is -0.143. The second-order valence-corrected chi connectivity index (χ2v) is 12.8. The highest BCUT2D eigenvalue weighted by Crippen LogP contribution is 2.57. The van der Waals surface area contributed by atoms with Crippen molar-refractivity contribution in [2.75, 3.05) is 7.11 Å². The lowest BCUT2D eigenvalue weighted by Gasteiger charge is -2.32. The van der Waals surface area contributed by atoms with Gasteiger partial charge in [0, 0.05) is 11.6 Å². The fourth-order valence-corrected chi connectivity index (χ4v) is 6.80. The van der Waals surface area contributed by atoms with E-state index in [9.17, 15) is 48.7 Å². The minimum atomic E-state index is -5.18. The second kappa shape index (κ2) is 11.3. The van der Waals surface area contributed by atoms with Crippen LogP contribution in [0.25, 0.3) is 11.1 Å². The van der Waals surface area contributed by atoms with Gasteiger partial charge in [-0.2, -0.15) is 39.5 Å². The van der Waals surface area contributed by atoms with Gasteiger partial charge in [-0.25, -0.2) is 9.18 Å². The third-order valence-corrected chi connectivity index (χ3v) is 9.23. The molecule has 2 aliphatic heterocycles. The number of carbonyl (C=O) groups is 1. The van der Waals surface area contributed by atoms with Gasteiger partial charge in [-0.1, -0.05) is 26.0 Å². The molecule has 15 heteroatoms. The molecule has 5 rings (SSSR count). The molecule has 0 aromatic heterocycles. The van der Waals surface area contributed by atoms with Gasteiger partial charge in [0.25, 0.3) is 0 Å². The summed E-state index contributed by atoms with van der Waals surface area (Å²) < 4.78 is 147. The predicted octanol–water partition coefficient (Wildman–Crippen LogP) is 10.6. The molecular weight excluding hydrogens is 751 g/mol. The third kappa shape index (κ3) is 5.90. The van der Waals surface area contributed by atoms with Gasteiger partial charge in [0.1, 0.15) is 11.6 Å². The number of nitrogens with zero attached hydrogens (tertiary/aromatic N) is 1. The molecule has 1 amide bonds. The Bertz CT molecular complexity index is 1700. The molecule has 1 fully saturated rings. The molecule has 3 atom stereocenters. The number of hydrogen-bond donors (Lipinski definition) is 0. The summed E-state index contributed by atoms with van der Waals surface area (Å²) in [4.78, 5) is 14.3. The first-order chi connectivity index (χ1) is 21.2. The summed E-state index contributed by atoms with van der Waals surface area (Å²) in [5, 5.41) is 0. The van der Waals surface area contributed by atoms with Crippen molar-refractivity contribution in [1.29, 1.82) is 0 Å². The minimum Gasteiger partial charge on any atom is -0.496 e. The summed E-state index contributed by atoms with van der Waals surface area (Å²) >= 11 is 1.62. The van der Waals surface area contributed by atoms with Gasteiger partial charge in [0.05, 0.1) is 29.8 Å². The molecule has 3 aromatic carbocycles. The zero-order valence-electron chi connectivity index (χ0n) is 23.8. The van der Waals surface area contributed by atoms with Crippen molar-refractivity contribution in [3.05, 3.63) is 99.9 Å². The lowest BCUT2D eigenvalue weighted by Crippen LogP contribution is -2.39. The van der Waals surface area contributed by atoms with Crippen LogP contribution in [-0.2, 0) is 23.3 Å². The summed E-state index contributed by atoms with van der Waals surface area (Å²) in [6.45, 7) is 3.40. The number of rotatable bonds is 5. The normalized spacial score (nSPS) is 21.6. The minimum absolute atomic E-state index is 0.0313. The van der Waals surface area contributed by atoms with E-state index in [0.29, 0.717) is 12.1 Å². The third-order valence-electron chi connectivity index (χ3n) is 7.78. The molecule has 2 aliphatic rings. The molecule has 0 N–H and O–H groups in total. The molecular formula is C31H22F10INO3. The fraction of sp³-hybridized carbons (Fsp3) is 0.323. The Balaban J connectivity index is 1.68. The second-order valence-electron chi connectivity index (χ2n) is 11.0. The van der Waals surface area contributed by atoms with Gasteiger partial charge in [-0.3, -0.25) is 4.90 Å². The van der Waals surface area contributed by atoms with E-state index < -0.39 is 68.4 Å². The van der Waals surface area contributed by atoms with E-state index in [1.807, 2.05) is 0 Å². The molecule has 4 nitrogen and oxygen atoms in total. The van der Waals surface area contributed by atoms with Crippen LogP contribution in [0.3, 0.4) is 0 Å². The number of hydrogen-bond acceptors (Lipinski definition) is 3. The van der Waals surface area contributed by atoms with Gasteiger partial charge >= 0.3 is 24.6 Å². The smallest absolute Gasteiger partial charge is 0.416 e. The molecule has 2 heterocycles. The molecule has 1 unspecified atom stereocenters. The molecule has 0 radical (unpaired) electrons. The average molecular weight is 773 g/mol. The van der Waals surface area contributed by atoms with Gasteiger partial charge in [0.15, 0.2) is 9.65 Å². The van der Waals surface area contributed by atoms with E-state index in [0.717, 1.165) is 29.2 Å². The Hall–Kier alpha value is -3.50. The van der Waals surface area contributed by atoms with Gasteiger partial charge < -0.3 is 9.47 Å². The van der Waals surface area contributed by atoms with Gasteiger partial charge in [0.2, 0.25) is 0 Å². The molecule has 0 saturated carbocycles. The van der Waals surface area contributed by atoms with E-state index in [1.54, 1.807) is 36.4 Å². The van der Waals surface area contributed by atoms with E-state index in [1.165, 1.54) is 25.3 Å². The van der Waals surface area contributed by atoms with Crippen LogP contribution in [0.1, 0.15) is 65.3 Å². The maximum atomic E-state index is 14.8. The fourth-order valence-electron chi connectivity index (χ4n) is 5.61. The first-order valence-electron chi connectivity index (χ1n) is 13.4. The topological polar surface area (TPSA) is 38.8 Å². The average Bonchev–Trinajstić information content (AvgIpc) is 3.43. The molecule has 0 spiro atoms. The highest BCUT2D eigenvalue weighted by molar-refractivity contribution is 14.1. The summed E-state index contributed by atoms with van der Waals surface area (Å²) in [5.41, 5.74) is -4.59. The SMILES string of the molecule is COc1cc(F)c(C(C)C)cc1-c1ccc(C(F)(F)F)cc1[C@@H]1C=CC2(I)[C@@H](c3cc(C(F)(F)F)cc(C(F)(F)F)c3)OC(=O)N12. The first-order valence-corrected chi connectivity index (χ1v) is 14.5. The largest absolute Gasteiger partial charge is 0.496 e. The lowest BCUT2D eigenvalue weighted by atomic mass is 9.89. The van der Waals surface area contributed by atoms with Gasteiger partial charge in [-0.05, 0) is 93.2 Å². The van der Waals surface area contributed by atoms with Gasteiger partial charge in [-0.15, -0.1) is 0 Å². The van der Waals surface area contributed by atoms with Crippen molar-refractivity contribution in [3.8, 4) is 16.9 Å². The van der Waals surface area contributed by atoms with Crippen molar-refractivity contribution in [2.24, 2.45) is 0 Å². The molecule has 0 aliphatic carbocycles. The van der Waals surface area contributed by atoms with Crippen LogP contribution in [0.15, 0.2) is 60.7 Å². The van der Waals surface area contributed by atoms with Crippen molar-refractivity contribution < 1.29 is 58.2 Å². The van der Waals surface area contributed by atoms with Crippen LogP contribution in [-0.4, -0.2) is 21.6 Å². The number of amides is 1. The van der Waals surface area contributed by atoms with Crippen LogP contribution in [0.4, 0.5) is 48.7 Å². The standard InChI is InChI=1S/C31H22F10INO3/c1-14(2)20-12-22(25(45-3)13-23(20)32)19-5-4-16(29(33,34)35)11-21(19)24-6-7-28(42)26(46-27(44)43(24)28)15-8-17(30(36,37)38)10-18(9-15)31(39,40)41/h4-14,24,26H,1-3H3/t24-,26+,28?/m0/s1. The molecule has 246 valence electrons. The number of benzene rings is 3. The van der Waals surface area contributed by atoms with E-state index in [2.05, 4.69) is 0 Å². The van der Waals surface area contributed by atoms with Crippen LogP contribution < -0.4 is 4.74 Å². The zero-order chi connectivity index (χ0) is 34.1. The molecule has 0 bridgehead atoms. The number of carbonyl (C=O) groups excluding carboxylic acids is 1. The maximum absolute atomic E-state index is 14.8. The number of halogens is 11. The maximum Gasteiger partial charge on any atom is 0.416 e. The number of alkyl halides is 10. The van der Waals surface area contributed by atoms with Crippen molar-refractivity contribution in [1.82, 2.24) is 4.90 Å². The Morgan fingerprint density at radius 3 is 1.96 bits per heavy atom. The Labute approximate surface area is 269 Å². The summed E-state index contributed by atoms with van der Waals surface area (Å²) in [6.07, 6.45) is -15.5. The van der Waals surface area contributed by atoms with E-state index >= 15 is 0 Å². The monoisotopic (exact) mass is 773 g/mol. The highest BCUT2D eigenvalue weighted by Gasteiger charge is 2.59. The molecule has 3 aromatic rings.